The molecule has 0 radical (unpaired) electrons. The number of carbonyl (C=O) groups excluding carboxylic acids is 1. The summed E-state index contributed by atoms with van der Waals surface area (Å²) in [5.74, 6) is 0. The molecule has 2 N–H and O–H groups in total. The number of nitrogens with one attached hydrogen (secondary N) is 2. The highest BCUT2D eigenvalue weighted by molar-refractivity contribution is 5.75. The van der Waals surface area contributed by atoms with Gasteiger partial charge in [-0.05, 0) is 11.1 Å². The van der Waals surface area contributed by atoms with Gasteiger partial charge >= 0.3 is 12.3 Å². The largest absolute Gasteiger partial charge is 0.485 e. The predicted octanol–water partition coefficient (Wildman–Crippen LogP) is 3.60. The van der Waals surface area contributed by atoms with E-state index in [1.807, 2.05) is 0 Å². The third-order valence-corrected chi connectivity index (χ3v) is 2.80. The van der Waals surface area contributed by atoms with Crippen molar-refractivity contribution in [3.05, 3.63) is 71.8 Å². The van der Waals surface area contributed by atoms with Crippen LogP contribution < -0.4 is 10.6 Å². The molecule has 2 aromatic rings. The van der Waals surface area contributed by atoms with E-state index in [0.717, 1.165) is 5.32 Å². The monoisotopic (exact) mass is 294 g/mol. The Kier molecular flexibility index (Phi) is 4.47. The van der Waals surface area contributed by atoms with Crippen molar-refractivity contribution in [3.63, 3.8) is 0 Å². The summed E-state index contributed by atoms with van der Waals surface area (Å²) in [7, 11) is 0. The highest BCUT2D eigenvalue weighted by atomic mass is 19.4. The van der Waals surface area contributed by atoms with Crippen LogP contribution in [0.1, 0.15) is 17.2 Å². The lowest BCUT2D eigenvalue weighted by molar-refractivity contribution is -0.145. The zero-order valence-electron chi connectivity index (χ0n) is 10.9. The zero-order valence-corrected chi connectivity index (χ0v) is 10.9. The van der Waals surface area contributed by atoms with Crippen molar-refractivity contribution in [2.24, 2.45) is 0 Å². The summed E-state index contributed by atoms with van der Waals surface area (Å²) in [5, 5.41) is 3.28. The van der Waals surface area contributed by atoms with E-state index in [9.17, 15) is 18.0 Å². The van der Waals surface area contributed by atoms with Gasteiger partial charge in [-0.25, -0.2) is 10.1 Å². The maximum Gasteiger partial charge on any atom is 0.485 e. The Morgan fingerprint density at radius 3 is 1.67 bits per heavy atom. The number of benzene rings is 2. The average molecular weight is 294 g/mol. The van der Waals surface area contributed by atoms with Gasteiger partial charge < -0.3 is 5.32 Å². The van der Waals surface area contributed by atoms with Crippen molar-refractivity contribution in [1.82, 2.24) is 10.6 Å². The molecule has 21 heavy (non-hydrogen) atoms. The van der Waals surface area contributed by atoms with E-state index in [2.05, 4.69) is 5.32 Å². The fourth-order valence-electron chi connectivity index (χ4n) is 1.95. The van der Waals surface area contributed by atoms with Gasteiger partial charge in [0.2, 0.25) is 0 Å². The summed E-state index contributed by atoms with van der Waals surface area (Å²) in [6.07, 6.45) is -4.76. The highest BCUT2D eigenvalue weighted by Crippen LogP contribution is 2.22. The number of amides is 2. The summed E-state index contributed by atoms with van der Waals surface area (Å²) >= 11 is 0. The van der Waals surface area contributed by atoms with E-state index in [4.69, 9.17) is 0 Å². The molecule has 0 fully saturated rings. The zero-order chi connectivity index (χ0) is 15.3. The summed E-state index contributed by atoms with van der Waals surface area (Å²) in [6.45, 7) is 0. The second kappa shape index (κ2) is 6.30. The average Bonchev–Trinajstić information content (AvgIpc) is 2.45. The van der Waals surface area contributed by atoms with Crippen LogP contribution >= 0.6 is 0 Å². The Morgan fingerprint density at radius 2 is 1.29 bits per heavy atom. The lowest BCUT2D eigenvalue weighted by Crippen LogP contribution is -2.45. The van der Waals surface area contributed by atoms with Crippen LogP contribution in [0.5, 0.6) is 0 Å². The molecule has 2 aromatic carbocycles. The molecule has 3 nitrogen and oxygen atoms in total. The van der Waals surface area contributed by atoms with Gasteiger partial charge in [0.05, 0.1) is 6.04 Å². The maximum atomic E-state index is 12.2. The third-order valence-electron chi connectivity index (χ3n) is 2.80. The van der Waals surface area contributed by atoms with Gasteiger partial charge in [0.25, 0.3) is 0 Å². The molecule has 0 saturated heterocycles. The van der Waals surface area contributed by atoms with Gasteiger partial charge in [-0.2, -0.15) is 13.2 Å². The van der Waals surface area contributed by atoms with Crippen LogP contribution in [0.25, 0.3) is 0 Å². The van der Waals surface area contributed by atoms with E-state index in [1.165, 1.54) is 0 Å². The molecular formula is C15H13F3N2O. The first-order valence-corrected chi connectivity index (χ1v) is 6.21. The second-order valence-corrected chi connectivity index (χ2v) is 4.35. The standard InChI is InChI=1S/C15H13F3N2O/c16-15(17,18)20-14(21)19-13(11-7-3-1-4-8-11)12-9-5-2-6-10-12/h1-10,13H,(H2,19,20,21). The van der Waals surface area contributed by atoms with Crippen LogP contribution in [-0.4, -0.2) is 12.3 Å². The molecule has 110 valence electrons. The molecule has 0 aliphatic rings. The quantitative estimate of drug-likeness (QED) is 0.834. The van der Waals surface area contributed by atoms with Gasteiger partial charge in [0, 0.05) is 0 Å². The number of hydrogen-bond acceptors (Lipinski definition) is 1. The molecular weight excluding hydrogens is 281 g/mol. The highest BCUT2D eigenvalue weighted by Gasteiger charge is 2.31. The first-order valence-electron chi connectivity index (χ1n) is 6.21. The first-order chi connectivity index (χ1) is 9.96. The molecule has 0 aliphatic carbocycles. The van der Waals surface area contributed by atoms with Crippen LogP contribution in [0.15, 0.2) is 60.7 Å². The van der Waals surface area contributed by atoms with Crippen molar-refractivity contribution in [2.45, 2.75) is 12.3 Å². The topological polar surface area (TPSA) is 41.1 Å². The predicted molar refractivity (Wildman–Crippen MR) is 72.4 cm³/mol. The third kappa shape index (κ3) is 4.52. The van der Waals surface area contributed by atoms with E-state index in [0.29, 0.717) is 11.1 Å². The van der Waals surface area contributed by atoms with Gasteiger partial charge in [-0.1, -0.05) is 60.7 Å². The summed E-state index contributed by atoms with van der Waals surface area (Å²) < 4.78 is 36.6. The van der Waals surface area contributed by atoms with Crippen molar-refractivity contribution >= 4 is 6.03 Å². The Labute approximate surface area is 119 Å². The molecule has 0 aromatic heterocycles. The number of urea groups is 1. The molecule has 6 heteroatoms. The molecule has 0 heterocycles. The molecule has 0 spiro atoms. The Bertz CT molecular complexity index is 545. The summed E-state index contributed by atoms with van der Waals surface area (Å²) in [4.78, 5) is 11.5. The van der Waals surface area contributed by atoms with Crippen LogP contribution in [0, 0.1) is 0 Å². The normalized spacial score (nSPS) is 11.2. The van der Waals surface area contributed by atoms with E-state index >= 15 is 0 Å². The Hall–Kier alpha value is -2.50. The first kappa shape index (κ1) is 14.9. The Morgan fingerprint density at radius 1 is 0.857 bits per heavy atom. The van der Waals surface area contributed by atoms with Crippen molar-refractivity contribution < 1.29 is 18.0 Å². The second-order valence-electron chi connectivity index (χ2n) is 4.35. The molecule has 0 bridgehead atoms. The minimum Gasteiger partial charge on any atom is -0.327 e. The van der Waals surface area contributed by atoms with Crippen molar-refractivity contribution in [2.75, 3.05) is 0 Å². The van der Waals surface area contributed by atoms with Crippen LogP contribution in [-0.2, 0) is 0 Å². The lowest BCUT2D eigenvalue weighted by atomic mass is 9.99. The number of alkyl halides is 3. The van der Waals surface area contributed by atoms with Gasteiger partial charge in [-0.15, -0.1) is 0 Å². The minimum absolute atomic E-state index is 0.658. The van der Waals surface area contributed by atoms with Crippen molar-refractivity contribution in [1.29, 1.82) is 0 Å². The number of halogens is 3. The minimum atomic E-state index is -4.76. The molecule has 0 saturated carbocycles. The van der Waals surface area contributed by atoms with Crippen molar-refractivity contribution in [3.8, 4) is 0 Å². The van der Waals surface area contributed by atoms with E-state index < -0.39 is 18.4 Å². The Balaban J connectivity index is 2.24. The lowest BCUT2D eigenvalue weighted by Gasteiger charge is -2.20. The fourth-order valence-corrected chi connectivity index (χ4v) is 1.95. The van der Waals surface area contributed by atoms with E-state index in [-0.39, 0.29) is 0 Å². The molecule has 2 amide bonds. The van der Waals surface area contributed by atoms with Crippen LogP contribution in [0.3, 0.4) is 0 Å². The number of carbonyl (C=O) groups is 1. The number of hydrogen-bond donors (Lipinski definition) is 2. The molecule has 0 aliphatic heterocycles. The molecule has 0 unspecified atom stereocenters. The fraction of sp³-hybridized carbons (Fsp3) is 0.133. The van der Waals surface area contributed by atoms with Crippen LogP contribution in [0.2, 0.25) is 0 Å². The van der Waals surface area contributed by atoms with Gasteiger partial charge in [-0.3, -0.25) is 0 Å². The van der Waals surface area contributed by atoms with Crippen LogP contribution in [0.4, 0.5) is 18.0 Å². The SMILES string of the molecule is O=C(NC(c1ccccc1)c1ccccc1)NC(F)(F)F. The summed E-state index contributed by atoms with van der Waals surface area (Å²) in [6, 6.07) is 15.6. The summed E-state index contributed by atoms with van der Waals surface area (Å²) in [5.41, 5.74) is 1.39. The maximum absolute atomic E-state index is 12.2. The van der Waals surface area contributed by atoms with Gasteiger partial charge in [0.15, 0.2) is 0 Å². The van der Waals surface area contributed by atoms with E-state index in [1.54, 1.807) is 60.7 Å². The van der Waals surface area contributed by atoms with Gasteiger partial charge in [0.1, 0.15) is 0 Å². The molecule has 0 atom stereocenters. The number of rotatable bonds is 3. The molecule has 2 rings (SSSR count). The smallest absolute Gasteiger partial charge is 0.327 e.